The second-order valence-corrected chi connectivity index (χ2v) is 9.48. The molecule has 3 aliphatic rings. The number of hydrogen-bond donors (Lipinski definition) is 0. The zero-order valence-corrected chi connectivity index (χ0v) is 16.5. The zero-order valence-electron chi connectivity index (χ0n) is 16.5. The molecule has 0 amide bonds. The van der Waals surface area contributed by atoms with E-state index in [9.17, 15) is 0 Å². The molecule has 0 spiro atoms. The van der Waals surface area contributed by atoms with Crippen LogP contribution >= 0.6 is 0 Å². The van der Waals surface area contributed by atoms with Crippen LogP contribution in [-0.4, -0.2) is 0 Å². The van der Waals surface area contributed by atoms with Gasteiger partial charge in [0.2, 0.25) is 0 Å². The first-order valence-corrected chi connectivity index (χ1v) is 11.1. The maximum Gasteiger partial charge on any atom is -0.0388 e. The van der Waals surface area contributed by atoms with Gasteiger partial charge in [-0.05, 0) is 36.0 Å². The lowest BCUT2D eigenvalue weighted by Crippen LogP contribution is -2.19. The molecule has 0 heteroatoms. The summed E-state index contributed by atoms with van der Waals surface area (Å²) < 4.78 is 0. The van der Waals surface area contributed by atoms with E-state index in [1.807, 2.05) is 0 Å². The Balaban J connectivity index is 0.000000203. The van der Waals surface area contributed by atoms with E-state index in [1.165, 1.54) is 89.9 Å². The molecule has 1 atom stereocenters. The van der Waals surface area contributed by atoms with Gasteiger partial charge in [-0.25, -0.2) is 0 Å². The molecular formula is C23H44. The van der Waals surface area contributed by atoms with Crippen LogP contribution < -0.4 is 0 Å². The Morgan fingerprint density at radius 1 is 0.609 bits per heavy atom. The van der Waals surface area contributed by atoms with Gasteiger partial charge in [0.05, 0.1) is 0 Å². The van der Waals surface area contributed by atoms with Crippen molar-refractivity contribution >= 4 is 0 Å². The van der Waals surface area contributed by atoms with Gasteiger partial charge >= 0.3 is 0 Å². The van der Waals surface area contributed by atoms with Crippen molar-refractivity contribution in [1.82, 2.24) is 0 Å². The fraction of sp³-hybridized carbons (Fsp3) is 1.00. The smallest absolute Gasteiger partial charge is 0.0388 e. The quantitative estimate of drug-likeness (QED) is 0.494. The minimum absolute atomic E-state index is 1.02. The van der Waals surface area contributed by atoms with E-state index in [0.29, 0.717) is 0 Å². The van der Waals surface area contributed by atoms with Gasteiger partial charge in [0, 0.05) is 0 Å². The summed E-state index contributed by atoms with van der Waals surface area (Å²) in [5, 5.41) is 0. The molecule has 0 aromatic heterocycles. The summed E-state index contributed by atoms with van der Waals surface area (Å²) in [6.07, 6.45) is 22.7. The maximum absolute atomic E-state index is 2.53. The maximum atomic E-state index is 2.53. The molecule has 0 aromatic carbocycles. The van der Waals surface area contributed by atoms with Crippen molar-refractivity contribution in [2.24, 2.45) is 29.6 Å². The van der Waals surface area contributed by atoms with Crippen LogP contribution in [0.1, 0.15) is 117 Å². The van der Waals surface area contributed by atoms with Gasteiger partial charge in [-0.3, -0.25) is 0 Å². The molecule has 136 valence electrons. The highest BCUT2D eigenvalue weighted by Crippen LogP contribution is 2.36. The lowest BCUT2D eigenvalue weighted by atomic mass is 9.74. The van der Waals surface area contributed by atoms with Crippen LogP contribution in [0.4, 0.5) is 0 Å². The van der Waals surface area contributed by atoms with Crippen LogP contribution in [0.15, 0.2) is 0 Å². The monoisotopic (exact) mass is 320 g/mol. The Morgan fingerprint density at radius 2 is 1.04 bits per heavy atom. The summed E-state index contributed by atoms with van der Waals surface area (Å²) in [6, 6.07) is 0. The van der Waals surface area contributed by atoms with Gasteiger partial charge < -0.3 is 0 Å². The SMILES string of the molecule is CC(CC1CCCCC1)C1CCCCC1.CC1CCC(C)CC1. The topological polar surface area (TPSA) is 0 Å². The van der Waals surface area contributed by atoms with Crippen LogP contribution in [0.3, 0.4) is 0 Å². The van der Waals surface area contributed by atoms with Crippen LogP contribution in [0.2, 0.25) is 0 Å². The Bertz CT molecular complexity index is 264. The van der Waals surface area contributed by atoms with E-state index in [0.717, 1.165) is 29.6 Å². The minimum atomic E-state index is 1.02. The van der Waals surface area contributed by atoms with E-state index in [4.69, 9.17) is 0 Å². The van der Waals surface area contributed by atoms with Gasteiger partial charge in [-0.15, -0.1) is 0 Å². The highest BCUT2D eigenvalue weighted by atomic mass is 14.3. The molecule has 0 radical (unpaired) electrons. The molecule has 0 saturated heterocycles. The molecule has 0 nitrogen and oxygen atoms in total. The predicted molar refractivity (Wildman–Crippen MR) is 104 cm³/mol. The first kappa shape index (κ1) is 19.3. The summed E-state index contributed by atoms with van der Waals surface area (Å²) in [7, 11) is 0. The largest absolute Gasteiger partial charge is 0.0625 e. The summed E-state index contributed by atoms with van der Waals surface area (Å²) in [5.74, 6) is 5.24. The second kappa shape index (κ2) is 10.8. The van der Waals surface area contributed by atoms with Crippen LogP contribution in [0.25, 0.3) is 0 Å². The molecule has 0 heterocycles. The van der Waals surface area contributed by atoms with E-state index in [1.54, 1.807) is 6.42 Å². The zero-order chi connectivity index (χ0) is 16.5. The lowest BCUT2D eigenvalue weighted by Gasteiger charge is -2.31. The fourth-order valence-corrected chi connectivity index (χ4v) is 5.27. The fourth-order valence-electron chi connectivity index (χ4n) is 5.27. The van der Waals surface area contributed by atoms with Crippen LogP contribution in [0.5, 0.6) is 0 Å². The van der Waals surface area contributed by atoms with E-state index in [2.05, 4.69) is 20.8 Å². The highest BCUT2D eigenvalue weighted by molar-refractivity contribution is 4.75. The lowest BCUT2D eigenvalue weighted by molar-refractivity contribution is 0.203. The molecular weight excluding hydrogens is 276 g/mol. The van der Waals surface area contributed by atoms with Gasteiger partial charge in [0.15, 0.2) is 0 Å². The van der Waals surface area contributed by atoms with Gasteiger partial charge in [0.25, 0.3) is 0 Å². The third-order valence-corrected chi connectivity index (χ3v) is 7.19. The highest BCUT2D eigenvalue weighted by Gasteiger charge is 2.23. The average Bonchev–Trinajstić information content (AvgIpc) is 2.60. The molecule has 0 N–H and O–H groups in total. The summed E-state index contributed by atoms with van der Waals surface area (Å²) in [4.78, 5) is 0. The Labute approximate surface area is 147 Å². The van der Waals surface area contributed by atoms with Crippen molar-refractivity contribution in [3.63, 3.8) is 0 Å². The third-order valence-electron chi connectivity index (χ3n) is 7.19. The van der Waals surface area contributed by atoms with Gasteiger partial charge in [0.1, 0.15) is 0 Å². The Hall–Kier alpha value is 0. The minimum Gasteiger partial charge on any atom is -0.0625 e. The van der Waals surface area contributed by atoms with Crippen molar-refractivity contribution in [1.29, 1.82) is 0 Å². The molecule has 0 aliphatic heterocycles. The van der Waals surface area contributed by atoms with Gasteiger partial charge in [-0.1, -0.05) is 111 Å². The molecule has 1 unspecified atom stereocenters. The second-order valence-electron chi connectivity index (χ2n) is 9.48. The number of rotatable bonds is 3. The van der Waals surface area contributed by atoms with E-state index < -0.39 is 0 Å². The predicted octanol–water partition coefficient (Wildman–Crippen LogP) is 8.01. The van der Waals surface area contributed by atoms with Crippen molar-refractivity contribution in [2.45, 2.75) is 117 Å². The molecule has 3 fully saturated rings. The van der Waals surface area contributed by atoms with E-state index >= 15 is 0 Å². The standard InChI is InChI=1S/C15H28.C8H16/c1-13(15-10-6-3-7-11-15)12-14-8-4-2-5-9-14;1-7-3-5-8(2)6-4-7/h13-15H,2-12H2,1H3;7-8H,3-6H2,1-2H3. The third kappa shape index (κ3) is 7.61. The Morgan fingerprint density at radius 3 is 1.52 bits per heavy atom. The average molecular weight is 321 g/mol. The van der Waals surface area contributed by atoms with Crippen LogP contribution in [-0.2, 0) is 0 Å². The van der Waals surface area contributed by atoms with E-state index in [-0.39, 0.29) is 0 Å². The molecule has 0 aromatic rings. The first-order chi connectivity index (χ1) is 11.1. The summed E-state index contributed by atoms with van der Waals surface area (Å²) >= 11 is 0. The van der Waals surface area contributed by atoms with Crippen molar-refractivity contribution < 1.29 is 0 Å². The molecule has 0 bridgehead atoms. The normalized spacial score (nSPS) is 32.0. The van der Waals surface area contributed by atoms with Crippen molar-refractivity contribution in [2.75, 3.05) is 0 Å². The van der Waals surface area contributed by atoms with Crippen LogP contribution in [0, 0.1) is 29.6 Å². The van der Waals surface area contributed by atoms with Crippen molar-refractivity contribution in [3.8, 4) is 0 Å². The molecule has 23 heavy (non-hydrogen) atoms. The summed E-state index contributed by atoms with van der Waals surface area (Å²) in [6.45, 7) is 7.27. The number of hydrogen-bond acceptors (Lipinski definition) is 0. The molecule has 3 saturated carbocycles. The Kier molecular flexibility index (Phi) is 9.06. The van der Waals surface area contributed by atoms with Crippen molar-refractivity contribution in [3.05, 3.63) is 0 Å². The first-order valence-electron chi connectivity index (χ1n) is 11.1. The van der Waals surface area contributed by atoms with Gasteiger partial charge in [-0.2, -0.15) is 0 Å². The summed E-state index contributed by atoms with van der Waals surface area (Å²) in [5.41, 5.74) is 0. The molecule has 3 aliphatic carbocycles. The molecule has 3 rings (SSSR count).